The molecule has 1 amide bonds. The highest BCUT2D eigenvalue weighted by atomic mass is 19.4. The van der Waals surface area contributed by atoms with Crippen molar-refractivity contribution in [2.45, 2.75) is 38.4 Å². The molecule has 8 nitrogen and oxygen atoms in total. The summed E-state index contributed by atoms with van der Waals surface area (Å²) in [7, 11) is 0. The molecule has 200 valence electrons. The van der Waals surface area contributed by atoms with Gasteiger partial charge < -0.3 is 10.1 Å². The third-order valence-electron chi connectivity index (χ3n) is 6.90. The van der Waals surface area contributed by atoms with E-state index in [0.29, 0.717) is 24.4 Å². The van der Waals surface area contributed by atoms with Crippen molar-refractivity contribution < 1.29 is 27.1 Å². The van der Waals surface area contributed by atoms with Crippen molar-refractivity contribution in [3.8, 4) is 5.82 Å². The molecule has 0 aromatic carbocycles. The number of pyridine rings is 2. The van der Waals surface area contributed by atoms with E-state index < -0.39 is 23.5 Å². The zero-order chi connectivity index (χ0) is 26.9. The van der Waals surface area contributed by atoms with E-state index in [0.717, 1.165) is 50.8 Å². The van der Waals surface area contributed by atoms with Crippen LogP contribution in [0.25, 0.3) is 11.4 Å². The summed E-state index contributed by atoms with van der Waals surface area (Å²) in [5.74, 6) is -0.955. The Labute approximate surface area is 216 Å². The standard InChI is InChI=1S/C26H26F4N6O2/c1-16-21(15-33-36(16)23-7-4-18(13-31-23)26(28,29)30)25(37)34-19-12-22(27)24(32-14-19)17-2-5-20(6-3-17)35-8-10-38-11-9-35/h2,4,7,12-15,20H,3,5-6,8-11H2,1H3,(H,34,37). The Kier molecular flexibility index (Phi) is 7.26. The Bertz CT molecular complexity index is 1350. The minimum atomic E-state index is -4.51. The zero-order valence-corrected chi connectivity index (χ0v) is 20.6. The highest BCUT2D eigenvalue weighted by Gasteiger charge is 2.31. The largest absolute Gasteiger partial charge is 0.417 e. The van der Waals surface area contributed by atoms with Gasteiger partial charge in [0.1, 0.15) is 5.69 Å². The SMILES string of the molecule is Cc1c(C(=O)Nc2cnc(C3=CCC(N4CCOCC4)CC3)c(F)c2)cnn1-c1ccc(C(F)(F)F)cn1. The molecule has 0 saturated carbocycles. The van der Waals surface area contributed by atoms with Crippen molar-refractivity contribution in [1.29, 1.82) is 0 Å². The number of nitrogens with one attached hydrogen (secondary N) is 1. The van der Waals surface area contributed by atoms with Gasteiger partial charge in [-0.1, -0.05) is 6.08 Å². The lowest BCUT2D eigenvalue weighted by Crippen LogP contribution is -2.44. The molecule has 3 aromatic rings. The number of halogens is 4. The van der Waals surface area contributed by atoms with Crippen molar-refractivity contribution in [3.05, 3.63) is 71.2 Å². The zero-order valence-electron chi connectivity index (χ0n) is 20.6. The molecule has 1 fully saturated rings. The van der Waals surface area contributed by atoms with E-state index >= 15 is 0 Å². The average molecular weight is 531 g/mol. The maximum absolute atomic E-state index is 15.0. The molecular weight excluding hydrogens is 504 g/mol. The maximum Gasteiger partial charge on any atom is 0.417 e. The fraction of sp³-hybridized carbons (Fsp3) is 0.385. The summed E-state index contributed by atoms with van der Waals surface area (Å²) >= 11 is 0. The molecule has 1 atom stereocenters. The predicted octanol–water partition coefficient (Wildman–Crippen LogP) is 4.65. The van der Waals surface area contributed by atoms with Crippen LogP contribution in [0.5, 0.6) is 0 Å². The highest BCUT2D eigenvalue weighted by Crippen LogP contribution is 2.31. The van der Waals surface area contributed by atoms with Gasteiger partial charge in [0.15, 0.2) is 11.6 Å². The fourth-order valence-corrected chi connectivity index (χ4v) is 4.79. The van der Waals surface area contributed by atoms with Crippen LogP contribution in [0, 0.1) is 12.7 Å². The summed E-state index contributed by atoms with van der Waals surface area (Å²) in [5.41, 5.74) is 0.954. The first kappa shape index (κ1) is 26.0. The summed E-state index contributed by atoms with van der Waals surface area (Å²) < 4.78 is 60.1. The molecule has 4 heterocycles. The van der Waals surface area contributed by atoms with Crippen molar-refractivity contribution in [1.82, 2.24) is 24.6 Å². The molecule has 3 aromatic heterocycles. The van der Waals surface area contributed by atoms with Gasteiger partial charge in [-0.25, -0.2) is 14.1 Å². The Morgan fingerprint density at radius 3 is 2.55 bits per heavy atom. The number of aromatic nitrogens is 4. The summed E-state index contributed by atoms with van der Waals surface area (Å²) in [6.45, 7) is 4.89. The predicted molar refractivity (Wildman–Crippen MR) is 131 cm³/mol. The molecule has 0 radical (unpaired) electrons. The van der Waals surface area contributed by atoms with Crippen molar-refractivity contribution in [2.75, 3.05) is 31.6 Å². The molecular formula is C26H26F4N6O2. The van der Waals surface area contributed by atoms with Gasteiger partial charge in [0, 0.05) is 31.4 Å². The van der Waals surface area contributed by atoms with Crippen LogP contribution in [-0.2, 0) is 10.9 Å². The third-order valence-corrected chi connectivity index (χ3v) is 6.90. The lowest BCUT2D eigenvalue weighted by Gasteiger charge is -2.36. The van der Waals surface area contributed by atoms with Gasteiger partial charge in [0.2, 0.25) is 0 Å². The molecule has 5 rings (SSSR count). The topological polar surface area (TPSA) is 85.2 Å². The molecule has 38 heavy (non-hydrogen) atoms. The van der Waals surface area contributed by atoms with Crippen LogP contribution in [-0.4, -0.2) is 62.9 Å². The molecule has 1 N–H and O–H groups in total. The number of morpholine rings is 1. The second kappa shape index (κ2) is 10.6. The van der Waals surface area contributed by atoms with E-state index in [1.54, 1.807) is 6.92 Å². The van der Waals surface area contributed by atoms with Crippen LogP contribution in [0.1, 0.15) is 46.6 Å². The second-order valence-electron chi connectivity index (χ2n) is 9.27. The smallest absolute Gasteiger partial charge is 0.379 e. The normalized spacial score (nSPS) is 18.8. The number of alkyl halides is 3. The van der Waals surface area contributed by atoms with Gasteiger partial charge in [-0.2, -0.15) is 18.3 Å². The minimum Gasteiger partial charge on any atom is -0.379 e. The van der Waals surface area contributed by atoms with Gasteiger partial charge in [-0.05, 0) is 43.9 Å². The van der Waals surface area contributed by atoms with E-state index in [-0.39, 0.29) is 22.8 Å². The maximum atomic E-state index is 15.0. The average Bonchev–Trinajstić information content (AvgIpc) is 3.30. The lowest BCUT2D eigenvalue weighted by atomic mass is 9.91. The minimum absolute atomic E-state index is 0.128. The van der Waals surface area contributed by atoms with Crippen LogP contribution in [0.4, 0.5) is 23.2 Å². The summed E-state index contributed by atoms with van der Waals surface area (Å²) in [6.07, 6.45) is 3.38. The Hall–Kier alpha value is -3.64. The molecule has 2 aliphatic rings. The number of allylic oxidation sites excluding steroid dienone is 1. The van der Waals surface area contributed by atoms with E-state index in [4.69, 9.17) is 4.74 Å². The third kappa shape index (κ3) is 5.46. The number of hydrogen-bond donors (Lipinski definition) is 1. The summed E-state index contributed by atoms with van der Waals surface area (Å²) in [6, 6.07) is 3.72. The van der Waals surface area contributed by atoms with Crippen LogP contribution in [0.2, 0.25) is 0 Å². The lowest BCUT2D eigenvalue weighted by molar-refractivity contribution is -0.137. The first-order chi connectivity index (χ1) is 18.2. The first-order valence-electron chi connectivity index (χ1n) is 12.3. The van der Waals surface area contributed by atoms with Crippen LogP contribution in [0.3, 0.4) is 0 Å². The first-order valence-corrected chi connectivity index (χ1v) is 12.3. The molecule has 1 saturated heterocycles. The number of amides is 1. The molecule has 0 bridgehead atoms. The van der Waals surface area contributed by atoms with Crippen molar-refractivity contribution in [2.24, 2.45) is 0 Å². The van der Waals surface area contributed by atoms with E-state index in [9.17, 15) is 22.4 Å². The number of nitrogens with zero attached hydrogens (tertiary/aromatic N) is 5. The van der Waals surface area contributed by atoms with Gasteiger partial charge >= 0.3 is 6.18 Å². The summed E-state index contributed by atoms with van der Waals surface area (Å²) in [4.78, 5) is 23.3. The van der Waals surface area contributed by atoms with E-state index in [1.807, 2.05) is 6.08 Å². The van der Waals surface area contributed by atoms with E-state index in [1.165, 1.54) is 29.2 Å². The van der Waals surface area contributed by atoms with Crippen LogP contribution in [0.15, 0.2) is 42.9 Å². The monoisotopic (exact) mass is 530 g/mol. The van der Waals surface area contributed by atoms with Crippen molar-refractivity contribution in [3.63, 3.8) is 0 Å². The van der Waals surface area contributed by atoms with Gasteiger partial charge in [0.05, 0.1) is 48.1 Å². The number of anilines is 1. The number of carbonyl (C=O) groups is 1. The molecule has 12 heteroatoms. The molecule has 1 aliphatic carbocycles. The number of ether oxygens (including phenoxy) is 1. The Morgan fingerprint density at radius 1 is 1.13 bits per heavy atom. The summed E-state index contributed by atoms with van der Waals surface area (Å²) in [5, 5.41) is 6.69. The molecule has 1 unspecified atom stereocenters. The van der Waals surface area contributed by atoms with Gasteiger partial charge in [0.25, 0.3) is 5.91 Å². The Balaban J connectivity index is 1.25. The number of carbonyl (C=O) groups excluding carboxylic acids is 1. The van der Waals surface area contributed by atoms with Gasteiger partial charge in [-0.15, -0.1) is 0 Å². The fourth-order valence-electron chi connectivity index (χ4n) is 4.79. The quantitative estimate of drug-likeness (QED) is 0.484. The number of hydrogen-bond acceptors (Lipinski definition) is 6. The van der Waals surface area contributed by atoms with Crippen molar-refractivity contribution >= 4 is 17.2 Å². The molecule has 0 spiro atoms. The number of rotatable bonds is 5. The Morgan fingerprint density at radius 2 is 1.92 bits per heavy atom. The van der Waals surface area contributed by atoms with Gasteiger partial charge in [-0.3, -0.25) is 14.7 Å². The molecule has 1 aliphatic heterocycles. The highest BCUT2D eigenvalue weighted by molar-refractivity contribution is 6.04. The van der Waals surface area contributed by atoms with E-state index in [2.05, 4.69) is 25.3 Å². The van der Waals surface area contributed by atoms with Crippen LogP contribution >= 0.6 is 0 Å². The van der Waals surface area contributed by atoms with Crippen LogP contribution < -0.4 is 5.32 Å². The second-order valence-corrected chi connectivity index (χ2v) is 9.27.